The van der Waals surface area contributed by atoms with E-state index in [1.54, 1.807) is 0 Å². The van der Waals surface area contributed by atoms with Crippen LogP contribution in [0.15, 0.2) is 30.3 Å². The SMILES string of the molecule is CCNc1nc(CC)cc(N2Cc3ccccc3CC2(C)C)n1. The summed E-state index contributed by atoms with van der Waals surface area (Å²) in [6.07, 6.45) is 1.95. The average Bonchev–Trinajstić information content (AvgIpc) is 2.53. The van der Waals surface area contributed by atoms with E-state index in [9.17, 15) is 0 Å². The van der Waals surface area contributed by atoms with Crippen molar-refractivity contribution in [1.82, 2.24) is 9.97 Å². The molecule has 1 aliphatic heterocycles. The Morgan fingerprint density at radius 2 is 1.87 bits per heavy atom. The number of hydrogen-bond donors (Lipinski definition) is 1. The van der Waals surface area contributed by atoms with Crippen LogP contribution in [0.3, 0.4) is 0 Å². The van der Waals surface area contributed by atoms with Crippen LogP contribution in [0.2, 0.25) is 0 Å². The van der Waals surface area contributed by atoms with Gasteiger partial charge in [-0.1, -0.05) is 31.2 Å². The van der Waals surface area contributed by atoms with Gasteiger partial charge in [0.25, 0.3) is 0 Å². The van der Waals surface area contributed by atoms with Crippen molar-refractivity contribution in [3.8, 4) is 0 Å². The molecule has 0 unspecified atom stereocenters. The van der Waals surface area contributed by atoms with Crippen molar-refractivity contribution in [2.45, 2.75) is 52.6 Å². The molecule has 0 aliphatic carbocycles. The van der Waals surface area contributed by atoms with Crippen molar-refractivity contribution >= 4 is 11.8 Å². The maximum Gasteiger partial charge on any atom is 0.224 e. The molecule has 1 N–H and O–H groups in total. The van der Waals surface area contributed by atoms with Crippen molar-refractivity contribution in [3.05, 3.63) is 47.2 Å². The van der Waals surface area contributed by atoms with Crippen LogP contribution >= 0.6 is 0 Å². The Kier molecular flexibility index (Phi) is 4.24. The fraction of sp³-hybridized carbons (Fsp3) is 0.474. The molecule has 0 bridgehead atoms. The second kappa shape index (κ2) is 6.19. The Morgan fingerprint density at radius 1 is 1.13 bits per heavy atom. The van der Waals surface area contributed by atoms with Crippen molar-refractivity contribution in [2.24, 2.45) is 0 Å². The van der Waals surface area contributed by atoms with E-state index in [0.29, 0.717) is 0 Å². The molecule has 1 aromatic heterocycles. The normalized spacial score (nSPS) is 16.1. The van der Waals surface area contributed by atoms with Crippen molar-refractivity contribution < 1.29 is 0 Å². The second-order valence-corrected chi connectivity index (χ2v) is 6.77. The molecule has 4 nitrogen and oxygen atoms in total. The predicted octanol–water partition coefficient (Wildman–Crippen LogP) is 3.81. The molecule has 2 heterocycles. The first kappa shape index (κ1) is 15.8. The lowest BCUT2D eigenvalue weighted by atomic mass is 9.85. The maximum absolute atomic E-state index is 4.77. The molecule has 0 atom stereocenters. The van der Waals surface area contributed by atoms with Gasteiger partial charge in [-0.3, -0.25) is 0 Å². The fourth-order valence-corrected chi connectivity index (χ4v) is 3.26. The van der Waals surface area contributed by atoms with E-state index in [0.717, 1.165) is 43.4 Å². The minimum absolute atomic E-state index is 0.0389. The summed E-state index contributed by atoms with van der Waals surface area (Å²) in [7, 11) is 0. The van der Waals surface area contributed by atoms with Gasteiger partial charge >= 0.3 is 0 Å². The minimum Gasteiger partial charge on any atom is -0.354 e. The third-order valence-corrected chi connectivity index (χ3v) is 4.54. The molecule has 0 saturated carbocycles. The van der Waals surface area contributed by atoms with Crippen LogP contribution in [-0.2, 0) is 19.4 Å². The lowest BCUT2D eigenvalue weighted by molar-refractivity contribution is 0.427. The molecule has 122 valence electrons. The molecule has 2 aromatic rings. The number of fused-ring (bicyclic) bond motifs is 1. The summed E-state index contributed by atoms with van der Waals surface area (Å²) < 4.78 is 0. The van der Waals surface area contributed by atoms with Crippen LogP contribution in [0.25, 0.3) is 0 Å². The van der Waals surface area contributed by atoms with E-state index in [1.165, 1.54) is 11.1 Å². The van der Waals surface area contributed by atoms with Crippen molar-refractivity contribution in [2.75, 3.05) is 16.8 Å². The average molecular weight is 310 g/mol. The van der Waals surface area contributed by atoms with E-state index in [2.05, 4.69) is 73.2 Å². The Hall–Kier alpha value is -2.10. The van der Waals surface area contributed by atoms with Crippen LogP contribution in [0.5, 0.6) is 0 Å². The fourth-order valence-electron chi connectivity index (χ4n) is 3.26. The zero-order valence-electron chi connectivity index (χ0n) is 14.6. The smallest absolute Gasteiger partial charge is 0.224 e. The quantitative estimate of drug-likeness (QED) is 0.932. The molecule has 4 heteroatoms. The van der Waals surface area contributed by atoms with E-state index in [-0.39, 0.29) is 5.54 Å². The van der Waals surface area contributed by atoms with Crippen LogP contribution in [0.1, 0.15) is 44.5 Å². The van der Waals surface area contributed by atoms with Gasteiger partial charge in [0, 0.05) is 30.4 Å². The molecule has 0 saturated heterocycles. The van der Waals surface area contributed by atoms with Gasteiger partial charge in [-0.05, 0) is 44.7 Å². The predicted molar refractivity (Wildman–Crippen MR) is 96.0 cm³/mol. The van der Waals surface area contributed by atoms with Crippen LogP contribution in [0.4, 0.5) is 11.8 Å². The van der Waals surface area contributed by atoms with Crippen molar-refractivity contribution in [1.29, 1.82) is 0 Å². The van der Waals surface area contributed by atoms with E-state index in [4.69, 9.17) is 4.98 Å². The number of nitrogens with zero attached hydrogens (tertiary/aromatic N) is 3. The highest BCUT2D eigenvalue weighted by Crippen LogP contribution is 2.34. The van der Waals surface area contributed by atoms with Gasteiger partial charge in [0.1, 0.15) is 5.82 Å². The molecule has 23 heavy (non-hydrogen) atoms. The Balaban J connectivity index is 2.01. The summed E-state index contributed by atoms with van der Waals surface area (Å²) in [4.78, 5) is 11.8. The van der Waals surface area contributed by atoms with Gasteiger partial charge in [-0.15, -0.1) is 0 Å². The Labute approximate surface area is 139 Å². The lowest BCUT2D eigenvalue weighted by Crippen LogP contribution is -2.49. The molecular formula is C19H26N4. The van der Waals surface area contributed by atoms with E-state index >= 15 is 0 Å². The monoisotopic (exact) mass is 310 g/mol. The summed E-state index contributed by atoms with van der Waals surface area (Å²) in [5.41, 5.74) is 3.97. The number of aromatic nitrogens is 2. The van der Waals surface area contributed by atoms with Gasteiger partial charge in [-0.25, -0.2) is 4.98 Å². The number of anilines is 2. The molecule has 3 rings (SSSR count). The first-order valence-corrected chi connectivity index (χ1v) is 8.49. The topological polar surface area (TPSA) is 41.1 Å². The molecule has 0 fully saturated rings. The zero-order valence-corrected chi connectivity index (χ0v) is 14.6. The first-order chi connectivity index (χ1) is 11.0. The summed E-state index contributed by atoms with van der Waals surface area (Å²) in [5, 5.41) is 3.26. The van der Waals surface area contributed by atoms with E-state index < -0.39 is 0 Å². The number of benzene rings is 1. The van der Waals surface area contributed by atoms with Crippen LogP contribution in [0, 0.1) is 0 Å². The highest BCUT2D eigenvalue weighted by molar-refractivity contribution is 5.51. The second-order valence-electron chi connectivity index (χ2n) is 6.77. The minimum atomic E-state index is 0.0389. The zero-order chi connectivity index (χ0) is 16.4. The van der Waals surface area contributed by atoms with Crippen molar-refractivity contribution in [3.63, 3.8) is 0 Å². The van der Waals surface area contributed by atoms with Gasteiger partial charge in [0.15, 0.2) is 0 Å². The molecule has 0 amide bonds. The number of rotatable bonds is 4. The maximum atomic E-state index is 4.77. The Bertz CT molecular complexity index is 694. The molecule has 1 aromatic carbocycles. The molecule has 0 radical (unpaired) electrons. The van der Waals surface area contributed by atoms with Crippen LogP contribution in [-0.4, -0.2) is 22.1 Å². The van der Waals surface area contributed by atoms with Crippen LogP contribution < -0.4 is 10.2 Å². The third-order valence-electron chi connectivity index (χ3n) is 4.54. The lowest BCUT2D eigenvalue weighted by Gasteiger charge is -2.44. The summed E-state index contributed by atoms with van der Waals surface area (Å²) in [6, 6.07) is 10.9. The highest BCUT2D eigenvalue weighted by Gasteiger charge is 2.33. The molecule has 1 aliphatic rings. The summed E-state index contributed by atoms with van der Waals surface area (Å²) in [6.45, 7) is 10.5. The highest BCUT2D eigenvalue weighted by atomic mass is 15.3. The largest absolute Gasteiger partial charge is 0.354 e. The number of hydrogen-bond acceptors (Lipinski definition) is 4. The Morgan fingerprint density at radius 3 is 2.57 bits per heavy atom. The first-order valence-electron chi connectivity index (χ1n) is 8.49. The number of aryl methyl sites for hydroxylation is 1. The molecular weight excluding hydrogens is 284 g/mol. The van der Waals surface area contributed by atoms with Gasteiger partial charge in [0.2, 0.25) is 5.95 Å². The van der Waals surface area contributed by atoms with Gasteiger partial charge in [-0.2, -0.15) is 4.98 Å². The third kappa shape index (κ3) is 3.16. The summed E-state index contributed by atoms with van der Waals surface area (Å²) in [5.74, 6) is 1.75. The summed E-state index contributed by atoms with van der Waals surface area (Å²) >= 11 is 0. The van der Waals surface area contributed by atoms with E-state index in [1.807, 2.05) is 0 Å². The molecule has 0 spiro atoms. The standard InChI is InChI=1S/C19H26N4/c1-5-16-11-17(22-18(21-16)20-6-2)23-13-15-10-8-7-9-14(15)12-19(23,3)4/h7-11H,5-6,12-13H2,1-4H3,(H,20,21,22). The van der Waals surface area contributed by atoms with Gasteiger partial charge < -0.3 is 10.2 Å². The number of nitrogens with one attached hydrogen (secondary N) is 1. The van der Waals surface area contributed by atoms with Gasteiger partial charge in [0.05, 0.1) is 0 Å².